The smallest absolute Gasteiger partial charge is 0.410 e. The zero-order chi connectivity index (χ0) is 15.3. The third-order valence-corrected chi connectivity index (χ3v) is 2.71. The molecule has 5 nitrogen and oxygen atoms in total. The SMILES string of the molecule is CN(Cc1ccc(C(O)CN)cc1)C(=O)OC(C)(C)C. The molecule has 0 radical (unpaired) electrons. The molecule has 0 saturated heterocycles. The van der Waals surface area contributed by atoms with Crippen LogP contribution in [0.3, 0.4) is 0 Å². The Bertz CT molecular complexity index is 437. The third-order valence-electron chi connectivity index (χ3n) is 2.71. The van der Waals surface area contributed by atoms with E-state index in [9.17, 15) is 9.90 Å². The molecule has 1 unspecified atom stereocenters. The van der Waals surface area contributed by atoms with Crippen molar-refractivity contribution < 1.29 is 14.6 Å². The lowest BCUT2D eigenvalue weighted by atomic mass is 10.1. The minimum Gasteiger partial charge on any atom is -0.444 e. The van der Waals surface area contributed by atoms with E-state index in [1.54, 1.807) is 7.05 Å². The van der Waals surface area contributed by atoms with Crippen molar-refractivity contribution in [2.24, 2.45) is 5.73 Å². The molecule has 1 aromatic rings. The summed E-state index contributed by atoms with van der Waals surface area (Å²) in [6, 6.07) is 7.37. The average Bonchev–Trinajstić information content (AvgIpc) is 2.36. The standard InChI is InChI=1S/C15H24N2O3/c1-15(2,3)20-14(19)17(4)10-11-5-7-12(8-6-11)13(18)9-16/h5-8,13,18H,9-10,16H2,1-4H3. The molecule has 0 aromatic heterocycles. The van der Waals surface area contributed by atoms with E-state index in [1.165, 1.54) is 4.90 Å². The Labute approximate surface area is 120 Å². The van der Waals surface area contributed by atoms with E-state index in [1.807, 2.05) is 45.0 Å². The highest BCUT2D eigenvalue weighted by molar-refractivity contribution is 5.67. The molecule has 0 bridgehead atoms. The fourth-order valence-corrected chi connectivity index (χ4v) is 1.66. The Morgan fingerprint density at radius 3 is 2.35 bits per heavy atom. The Morgan fingerprint density at radius 1 is 1.35 bits per heavy atom. The van der Waals surface area contributed by atoms with Crippen LogP contribution >= 0.6 is 0 Å². The molecule has 0 aliphatic carbocycles. The number of nitrogens with two attached hydrogens (primary N) is 1. The number of hydrogen-bond donors (Lipinski definition) is 2. The molecule has 1 rings (SSSR count). The Morgan fingerprint density at radius 2 is 1.90 bits per heavy atom. The fraction of sp³-hybridized carbons (Fsp3) is 0.533. The summed E-state index contributed by atoms with van der Waals surface area (Å²) in [5.74, 6) is 0. The molecule has 0 heterocycles. The number of carbonyl (C=O) groups excluding carboxylic acids is 1. The van der Waals surface area contributed by atoms with Crippen LogP contribution in [0.5, 0.6) is 0 Å². The fourth-order valence-electron chi connectivity index (χ4n) is 1.66. The Hall–Kier alpha value is -1.59. The van der Waals surface area contributed by atoms with E-state index in [0.717, 1.165) is 11.1 Å². The van der Waals surface area contributed by atoms with Crippen LogP contribution < -0.4 is 5.73 Å². The molecule has 1 amide bonds. The second-order valence-electron chi connectivity index (χ2n) is 5.83. The molecule has 0 aliphatic heterocycles. The van der Waals surface area contributed by atoms with Gasteiger partial charge in [0.05, 0.1) is 6.10 Å². The summed E-state index contributed by atoms with van der Waals surface area (Å²) < 4.78 is 5.28. The van der Waals surface area contributed by atoms with E-state index in [2.05, 4.69) is 0 Å². The summed E-state index contributed by atoms with van der Waals surface area (Å²) in [5.41, 5.74) is 6.64. The van der Waals surface area contributed by atoms with Crippen LogP contribution in [0.2, 0.25) is 0 Å². The molecule has 0 fully saturated rings. The lowest BCUT2D eigenvalue weighted by Crippen LogP contribution is -2.33. The minimum atomic E-state index is -0.646. The maximum atomic E-state index is 11.8. The highest BCUT2D eigenvalue weighted by Gasteiger charge is 2.19. The van der Waals surface area contributed by atoms with Crippen LogP contribution in [0.4, 0.5) is 4.79 Å². The first-order valence-electron chi connectivity index (χ1n) is 6.64. The van der Waals surface area contributed by atoms with Crippen LogP contribution in [0.15, 0.2) is 24.3 Å². The number of benzene rings is 1. The number of rotatable bonds is 4. The van der Waals surface area contributed by atoms with Crippen LogP contribution in [0.1, 0.15) is 38.0 Å². The first kappa shape index (κ1) is 16.5. The molecule has 5 heteroatoms. The van der Waals surface area contributed by atoms with Gasteiger partial charge in [-0.05, 0) is 31.9 Å². The first-order chi connectivity index (χ1) is 9.23. The average molecular weight is 280 g/mol. The first-order valence-corrected chi connectivity index (χ1v) is 6.64. The van der Waals surface area contributed by atoms with Gasteiger partial charge in [-0.25, -0.2) is 4.79 Å². The summed E-state index contributed by atoms with van der Waals surface area (Å²) in [4.78, 5) is 13.3. The number of ether oxygens (including phenoxy) is 1. The molecule has 0 aliphatic rings. The van der Waals surface area contributed by atoms with Crippen molar-refractivity contribution in [2.45, 2.75) is 39.0 Å². The summed E-state index contributed by atoms with van der Waals surface area (Å²) in [6.07, 6.45) is -1.00. The summed E-state index contributed by atoms with van der Waals surface area (Å²) >= 11 is 0. The number of aliphatic hydroxyl groups is 1. The zero-order valence-electron chi connectivity index (χ0n) is 12.6. The zero-order valence-corrected chi connectivity index (χ0v) is 12.6. The van der Waals surface area contributed by atoms with E-state index in [-0.39, 0.29) is 12.6 Å². The van der Waals surface area contributed by atoms with Gasteiger partial charge in [0.15, 0.2) is 0 Å². The van der Waals surface area contributed by atoms with Crippen molar-refractivity contribution in [3.8, 4) is 0 Å². The number of hydrogen-bond acceptors (Lipinski definition) is 4. The maximum absolute atomic E-state index is 11.8. The monoisotopic (exact) mass is 280 g/mol. The molecule has 20 heavy (non-hydrogen) atoms. The Balaban J connectivity index is 2.62. The van der Waals surface area contributed by atoms with Gasteiger partial charge in [0.25, 0.3) is 0 Å². The second-order valence-corrected chi connectivity index (χ2v) is 5.83. The molecule has 1 atom stereocenters. The van der Waals surface area contributed by atoms with Crippen molar-refractivity contribution in [1.82, 2.24) is 4.90 Å². The summed E-state index contributed by atoms with van der Waals surface area (Å²) in [7, 11) is 1.69. The molecule has 0 saturated carbocycles. The van der Waals surface area contributed by atoms with Gasteiger partial charge in [-0.2, -0.15) is 0 Å². The predicted octanol–water partition coefficient (Wildman–Crippen LogP) is 2.05. The van der Waals surface area contributed by atoms with E-state index < -0.39 is 11.7 Å². The van der Waals surface area contributed by atoms with Gasteiger partial charge in [-0.1, -0.05) is 24.3 Å². The van der Waals surface area contributed by atoms with E-state index >= 15 is 0 Å². The number of amides is 1. The normalized spacial score (nSPS) is 12.9. The summed E-state index contributed by atoms with van der Waals surface area (Å²) in [5, 5.41) is 9.61. The van der Waals surface area contributed by atoms with Gasteiger partial charge in [-0.15, -0.1) is 0 Å². The van der Waals surface area contributed by atoms with Crippen molar-refractivity contribution in [1.29, 1.82) is 0 Å². The summed E-state index contributed by atoms with van der Waals surface area (Å²) in [6.45, 7) is 6.15. The quantitative estimate of drug-likeness (QED) is 0.885. The molecule has 112 valence electrons. The van der Waals surface area contributed by atoms with Crippen molar-refractivity contribution in [2.75, 3.05) is 13.6 Å². The van der Waals surface area contributed by atoms with Gasteiger partial charge in [-0.3, -0.25) is 0 Å². The molecular formula is C15H24N2O3. The maximum Gasteiger partial charge on any atom is 0.410 e. The lowest BCUT2D eigenvalue weighted by molar-refractivity contribution is 0.0285. The van der Waals surface area contributed by atoms with Gasteiger partial charge >= 0.3 is 6.09 Å². The third kappa shape index (κ3) is 5.19. The van der Waals surface area contributed by atoms with Crippen molar-refractivity contribution >= 4 is 6.09 Å². The number of carbonyl (C=O) groups is 1. The van der Waals surface area contributed by atoms with Crippen LogP contribution in [0, 0.1) is 0 Å². The van der Waals surface area contributed by atoms with Crippen molar-refractivity contribution in [3.63, 3.8) is 0 Å². The van der Waals surface area contributed by atoms with Gasteiger partial charge in [0.2, 0.25) is 0 Å². The lowest BCUT2D eigenvalue weighted by Gasteiger charge is -2.24. The Kier molecular flexibility index (Phi) is 5.53. The number of aliphatic hydroxyl groups excluding tert-OH is 1. The molecule has 1 aromatic carbocycles. The van der Waals surface area contributed by atoms with E-state index in [4.69, 9.17) is 10.5 Å². The van der Waals surface area contributed by atoms with Gasteiger partial charge in [0.1, 0.15) is 5.60 Å². The van der Waals surface area contributed by atoms with Gasteiger partial charge in [0, 0.05) is 20.1 Å². The molecule has 3 N–H and O–H groups in total. The van der Waals surface area contributed by atoms with Crippen LogP contribution in [0.25, 0.3) is 0 Å². The van der Waals surface area contributed by atoms with Crippen LogP contribution in [-0.2, 0) is 11.3 Å². The second kappa shape index (κ2) is 6.72. The predicted molar refractivity (Wildman–Crippen MR) is 78.2 cm³/mol. The molecular weight excluding hydrogens is 256 g/mol. The van der Waals surface area contributed by atoms with Crippen molar-refractivity contribution in [3.05, 3.63) is 35.4 Å². The van der Waals surface area contributed by atoms with E-state index in [0.29, 0.717) is 6.54 Å². The number of nitrogens with zero attached hydrogens (tertiary/aromatic N) is 1. The topological polar surface area (TPSA) is 75.8 Å². The molecule has 0 spiro atoms. The van der Waals surface area contributed by atoms with Crippen LogP contribution in [-0.4, -0.2) is 35.3 Å². The van der Waals surface area contributed by atoms with Gasteiger partial charge < -0.3 is 20.5 Å². The highest BCUT2D eigenvalue weighted by atomic mass is 16.6. The minimum absolute atomic E-state index is 0.192. The highest BCUT2D eigenvalue weighted by Crippen LogP contribution is 2.15. The largest absolute Gasteiger partial charge is 0.444 e.